The highest BCUT2D eigenvalue weighted by atomic mass is 16.5. The molecule has 0 bridgehead atoms. The summed E-state index contributed by atoms with van der Waals surface area (Å²) in [5.41, 5.74) is 0.837. The molecule has 6 atom stereocenters. The molecule has 2 aliphatic heterocycles. The summed E-state index contributed by atoms with van der Waals surface area (Å²) in [6, 6.07) is 21.7. The van der Waals surface area contributed by atoms with Crippen molar-refractivity contribution in [2.24, 2.45) is 29.1 Å². The number of rotatable bonds is 7. The Balaban J connectivity index is 1.36. The van der Waals surface area contributed by atoms with E-state index in [-0.39, 0.29) is 49.1 Å². The number of nitrogens with zero attached hydrogens (tertiary/aromatic N) is 2. The number of imide groups is 2. The van der Waals surface area contributed by atoms with Crippen LogP contribution in [0.15, 0.2) is 90.5 Å². The van der Waals surface area contributed by atoms with Crippen LogP contribution in [0.3, 0.4) is 0 Å². The second kappa shape index (κ2) is 11.1. The van der Waals surface area contributed by atoms with Crippen molar-refractivity contribution >= 4 is 41.0 Å². The Morgan fingerprint density at radius 2 is 1.59 bits per heavy atom. The Bertz CT molecular complexity index is 1820. The van der Waals surface area contributed by atoms with E-state index in [1.807, 2.05) is 25.1 Å². The van der Waals surface area contributed by atoms with Crippen molar-refractivity contribution in [3.05, 3.63) is 102 Å². The number of aliphatic hydroxyl groups is 1. The molecule has 6 unspecified atom stereocenters. The first-order chi connectivity index (χ1) is 22.2. The molecule has 7 rings (SSSR count). The third kappa shape index (κ3) is 4.23. The Morgan fingerprint density at radius 1 is 0.870 bits per heavy atom. The number of anilines is 2. The topological polar surface area (TPSA) is 142 Å². The van der Waals surface area contributed by atoms with Crippen molar-refractivity contribution in [1.29, 1.82) is 0 Å². The number of aromatic carboxylic acids is 1. The summed E-state index contributed by atoms with van der Waals surface area (Å²) in [7, 11) is 0. The van der Waals surface area contributed by atoms with Crippen LogP contribution < -0.4 is 14.5 Å². The number of hydrogen-bond acceptors (Lipinski definition) is 7. The highest BCUT2D eigenvalue weighted by Gasteiger charge is 2.68. The predicted octanol–water partition coefficient (Wildman–Crippen LogP) is 4.19. The van der Waals surface area contributed by atoms with Crippen LogP contribution in [0.4, 0.5) is 11.4 Å². The minimum Gasteiger partial charge on any atom is -0.491 e. The Morgan fingerprint density at radius 3 is 2.33 bits per heavy atom. The predicted molar refractivity (Wildman–Crippen MR) is 166 cm³/mol. The van der Waals surface area contributed by atoms with E-state index in [0.717, 1.165) is 10.5 Å². The van der Waals surface area contributed by atoms with Gasteiger partial charge in [-0.3, -0.25) is 24.1 Å². The van der Waals surface area contributed by atoms with E-state index in [2.05, 4.69) is 0 Å². The zero-order valence-corrected chi connectivity index (χ0v) is 25.0. The summed E-state index contributed by atoms with van der Waals surface area (Å²) in [6.07, 6.45) is 2.39. The smallest absolute Gasteiger partial charge is 0.335 e. The summed E-state index contributed by atoms with van der Waals surface area (Å²) in [4.78, 5) is 70.9. The fraction of sp³-hybridized carbons (Fsp3) is 0.306. The molecule has 0 spiro atoms. The first-order valence-electron chi connectivity index (χ1n) is 15.4. The number of carbonyl (C=O) groups excluding carboxylic acids is 4. The van der Waals surface area contributed by atoms with Crippen LogP contribution in [0.25, 0.3) is 0 Å². The van der Waals surface area contributed by atoms with E-state index >= 15 is 0 Å². The molecule has 0 aromatic heterocycles. The van der Waals surface area contributed by atoms with Gasteiger partial charge in [0.1, 0.15) is 12.4 Å². The fourth-order valence-electron chi connectivity index (χ4n) is 8.22. The Labute approximate surface area is 264 Å². The molecule has 234 valence electrons. The number of carboxylic acid groups (broad SMARTS) is 1. The van der Waals surface area contributed by atoms with Crippen molar-refractivity contribution in [3.63, 3.8) is 0 Å². The van der Waals surface area contributed by atoms with Gasteiger partial charge in [0.15, 0.2) is 0 Å². The average Bonchev–Trinajstić information content (AvgIpc) is 3.43. The van der Waals surface area contributed by atoms with Gasteiger partial charge in [0.25, 0.3) is 0 Å². The highest BCUT2D eigenvalue weighted by molar-refractivity contribution is 6.25. The molecule has 2 N–H and O–H groups in total. The van der Waals surface area contributed by atoms with Gasteiger partial charge in [-0.05, 0) is 62.1 Å². The number of allylic oxidation sites excluding steroid dienone is 2. The van der Waals surface area contributed by atoms with E-state index in [1.165, 1.54) is 23.1 Å². The van der Waals surface area contributed by atoms with Gasteiger partial charge in [-0.15, -0.1) is 0 Å². The second-order valence-corrected chi connectivity index (χ2v) is 12.5. The van der Waals surface area contributed by atoms with Crippen LogP contribution in [-0.2, 0) is 19.2 Å². The van der Waals surface area contributed by atoms with Crippen LogP contribution in [0.1, 0.15) is 41.6 Å². The fourth-order valence-corrected chi connectivity index (χ4v) is 8.22. The molecule has 4 aliphatic rings. The molecule has 46 heavy (non-hydrogen) atoms. The van der Waals surface area contributed by atoms with Crippen LogP contribution >= 0.6 is 0 Å². The summed E-state index contributed by atoms with van der Waals surface area (Å²) in [6.45, 7) is 1.61. The number of carbonyl (C=O) groups is 5. The molecular formula is C36H32N2O8. The normalized spacial score (nSPS) is 28.5. The molecule has 2 aliphatic carbocycles. The van der Waals surface area contributed by atoms with E-state index in [0.29, 0.717) is 17.0 Å². The van der Waals surface area contributed by atoms with E-state index in [4.69, 9.17) is 4.74 Å². The third-order valence-electron chi connectivity index (χ3n) is 10.2. The maximum Gasteiger partial charge on any atom is 0.335 e. The summed E-state index contributed by atoms with van der Waals surface area (Å²) in [5, 5.41) is 19.1. The monoisotopic (exact) mass is 620 g/mol. The quantitative estimate of drug-likeness (QED) is 0.296. The number of aliphatic hydroxyl groups excluding tert-OH is 1. The molecule has 0 radical (unpaired) electrons. The highest BCUT2D eigenvalue weighted by Crippen LogP contribution is 2.64. The number of fused-ring (bicyclic) bond motifs is 4. The number of hydrogen-bond donors (Lipinski definition) is 2. The lowest BCUT2D eigenvalue weighted by Crippen LogP contribution is -2.49. The van der Waals surface area contributed by atoms with Gasteiger partial charge in [0.2, 0.25) is 23.6 Å². The van der Waals surface area contributed by atoms with Gasteiger partial charge in [-0.25, -0.2) is 9.69 Å². The minimum atomic E-state index is -1.23. The Kier molecular flexibility index (Phi) is 7.12. The van der Waals surface area contributed by atoms with Gasteiger partial charge >= 0.3 is 5.97 Å². The first-order valence-corrected chi connectivity index (χ1v) is 15.4. The number of ether oxygens (including phenoxy) is 1. The molecule has 2 saturated heterocycles. The second-order valence-electron chi connectivity index (χ2n) is 12.5. The van der Waals surface area contributed by atoms with E-state index < -0.39 is 52.8 Å². The van der Waals surface area contributed by atoms with E-state index in [9.17, 15) is 34.2 Å². The Hall–Kier alpha value is -5.09. The zero-order chi connectivity index (χ0) is 32.3. The number of amides is 4. The maximum atomic E-state index is 14.5. The summed E-state index contributed by atoms with van der Waals surface area (Å²) in [5.74, 6) is -5.78. The third-order valence-corrected chi connectivity index (χ3v) is 10.2. The molecule has 4 amide bonds. The van der Waals surface area contributed by atoms with Gasteiger partial charge < -0.3 is 14.9 Å². The minimum absolute atomic E-state index is 0.0252. The van der Waals surface area contributed by atoms with Crippen LogP contribution in [0, 0.1) is 29.1 Å². The van der Waals surface area contributed by atoms with Crippen LogP contribution in [0.5, 0.6) is 5.75 Å². The SMILES string of the molecule is CC12C(=O)N(c3ccccc3)C(=O)C1CC1C(=CCC3C(=O)N(c4cccc(C(=O)O)c4)C(=O)C31)C2c1ccccc1OCCO. The van der Waals surface area contributed by atoms with Crippen molar-refractivity contribution in [3.8, 4) is 5.75 Å². The standard InChI is InChI=1S/C36H32N2O8/c1-36-27(32(41)38(35(36)45)21-9-3-2-4-10-21)19-26-23(30(36)24-12-5-6-13-28(24)46-17-16-39)14-15-25-29(26)33(42)37(31(25)40)22-11-7-8-20(18-22)34(43)44/h2-14,18,25-27,29-30,39H,15-17,19H2,1H3,(H,43,44). The van der Waals surface area contributed by atoms with Crippen molar-refractivity contribution in [2.75, 3.05) is 23.0 Å². The van der Waals surface area contributed by atoms with Gasteiger partial charge in [0.05, 0.1) is 46.7 Å². The summed E-state index contributed by atoms with van der Waals surface area (Å²) < 4.78 is 5.95. The number of carboxylic acids is 1. The zero-order valence-electron chi connectivity index (χ0n) is 25.0. The van der Waals surface area contributed by atoms with Crippen molar-refractivity contribution < 1.29 is 38.9 Å². The van der Waals surface area contributed by atoms with Crippen LogP contribution in [0.2, 0.25) is 0 Å². The molecule has 3 aromatic rings. The molecule has 2 heterocycles. The lowest BCUT2D eigenvalue weighted by atomic mass is 9.51. The summed E-state index contributed by atoms with van der Waals surface area (Å²) >= 11 is 0. The van der Waals surface area contributed by atoms with Gasteiger partial charge in [-0.2, -0.15) is 0 Å². The molecule has 10 heteroatoms. The molecular weight excluding hydrogens is 588 g/mol. The molecule has 3 fully saturated rings. The average molecular weight is 621 g/mol. The van der Waals surface area contributed by atoms with Crippen LogP contribution in [-0.4, -0.2) is 53.0 Å². The number of benzene rings is 3. The van der Waals surface area contributed by atoms with Crippen molar-refractivity contribution in [2.45, 2.75) is 25.7 Å². The van der Waals surface area contributed by atoms with Gasteiger partial charge in [0, 0.05) is 11.5 Å². The number of para-hydroxylation sites is 2. The molecule has 10 nitrogen and oxygen atoms in total. The molecule has 1 saturated carbocycles. The lowest BCUT2D eigenvalue weighted by Gasteiger charge is -2.49. The van der Waals surface area contributed by atoms with Gasteiger partial charge in [-0.1, -0.05) is 54.1 Å². The van der Waals surface area contributed by atoms with E-state index in [1.54, 1.807) is 48.5 Å². The molecule has 3 aromatic carbocycles. The largest absolute Gasteiger partial charge is 0.491 e. The maximum absolute atomic E-state index is 14.5. The lowest BCUT2D eigenvalue weighted by molar-refractivity contribution is -0.131. The first kappa shape index (κ1) is 29.6. The van der Waals surface area contributed by atoms with Crippen molar-refractivity contribution in [1.82, 2.24) is 0 Å².